The van der Waals surface area contributed by atoms with Crippen LogP contribution in [0, 0.1) is 0 Å². The average Bonchev–Trinajstić information content (AvgIpc) is 2.74. The molecule has 29 heavy (non-hydrogen) atoms. The van der Waals surface area contributed by atoms with Gasteiger partial charge in [0.2, 0.25) is 0 Å². The molecule has 0 bridgehead atoms. The van der Waals surface area contributed by atoms with Crippen molar-refractivity contribution in [2.75, 3.05) is 6.61 Å². The lowest BCUT2D eigenvalue weighted by Crippen LogP contribution is -2.26. The van der Waals surface area contributed by atoms with Gasteiger partial charge < -0.3 is 13.9 Å². The second-order valence-corrected chi connectivity index (χ2v) is 6.65. The summed E-state index contributed by atoms with van der Waals surface area (Å²) in [6, 6.07) is 20.5. The van der Waals surface area contributed by atoms with Gasteiger partial charge in [-0.3, -0.25) is 0 Å². The first kappa shape index (κ1) is 18.7. The van der Waals surface area contributed by atoms with E-state index in [2.05, 4.69) is 0 Å². The van der Waals surface area contributed by atoms with Crippen molar-refractivity contribution in [1.29, 1.82) is 0 Å². The molecule has 1 atom stereocenters. The SMILES string of the molecule is CCOC(=O)[C@H](C)Oc1cccc2c1ccc1c(-c3ccccc3)cc(=O)oc12. The normalized spacial score (nSPS) is 12.1. The molecule has 0 aliphatic carbocycles. The van der Waals surface area contributed by atoms with Crippen molar-refractivity contribution >= 4 is 27.7 Å². The van der Waals surface area contributed by atoms with E-state index < -0.39 is 17.7 Å². The highest BCUT2D eigenvalue weighted by molar-refractivity contribution is 6.10. The van der Waals surface area contributed by atoms with E-state index in [1.807, 2.05) is 54.6 Å². The molecule has 146 valence electrons. The molecule has 0 spiro atoms. The molecule has 0 saturated heterocycles. The summed E-state index contributed by atoms with van der Waals surface area (Å²) in [6.07, 6.45) is -0.751. The predicted octanol–water partition coefficient (Wildman–Crippen LogP) is 4.94. The van der Waals surface area contributed by atoms with Crippen LogP contribution in [0.5, 0.6) is 5.75 Å². The maximum atomic E-state index is 12.3. The van der Waals surface area contributed by atoms with Crippen LogP contribution < -0.4 is 10.4 Å². The zero-order valence-electron chi connectivity index (χ0n) is 16.2. The molecule has 4 rings (SSSR count). The number of rotatable bonds is 5. The Bertz CT molecular complexity index is 1240. The molecule has 0 fully saturated rings. The van der Waals surface area contributed by atoms with Crippen LogP contribution in [0.3, 0.4) is 0 Å². The summed E-state index contributed by atoms with van der Waals surface area (Å²) >= 11 is 0. The van der Waals surface area contributed by atoms with Crippen molar-refractivity contribution in [2.24, 2.45) is 0 Å². The van der Waals surface area contributed by atoms with Gasteiger partial charge in [-0.2, -0.15) is 0 Å². The van der Waals surface area contributed by atoms with E-state index in [-0.39, 0.29) is 0 Å². The molecule has 0 aliphatic heterocycles. The molecule has 3 aromatic carbocycles. The monoisotopic (exact) mass is 388 g/mol. The number of benzene rings is 3. The first-order chi connectivity index (χ1) is 14.1. The third kappa shape index (κ3) is 3.59. The fourth-order valence-electron chi connectivity index (χ4n) is 3.41. The number of ether oxygens (including phenoxy) is 2. The van der Waals surface area contributed by atoms with Crippen molar-refractivity contribution < 1.29 is 18.7 Å². The van der Waals surface area contributed by atoms with Crippen molar-refractivity contribution in [1.82, 2.24) is 0 Å². The molecule has 0 aliphatic rings. The predicted molar refractivity (Wildman–Crippen MR) is 112 cm³/mol. The smallest absolute Gasteiger partial charge is 0.347 e. The van der Waals surface area contributed by atoms with Crippen molar-refractivity contribution in [3.8, 4) is 16.9 Å². The van der Waals surface area contributed by atoms with Gasteiger partial charge in [-0.1, -0.05) is 42.5 Å². The Balaban J connectivity index is 1.88. The summed E-state index contributed by atoms with van der Waals surface area (Å²) in [6.45, 7) is 3.69. The van der Waals surface area contributed by atoms with Gasteiger partial charge in [0.25, 0.3) is 0 Å². The Labute approximate surface area is 167 Å². The van der Waals surface area contributed by atoms with Gasteiger partial charge in [0.1, 0.15) is 11.3 Å². The zero-order chi connectivity index (χ0) is 20.4. The van der Waals surface area contributed by atoms with Crippen molar-refractivity contribution in [3.63, 3.8) is 0 Å². The lowest BCUT2D eigenvalue weighted by atomic mass is 9.99. The number of hydrogen-bond donors (Lipinski definition) is 0. The number of carbonyl (C=O) groups excluding carboxylic acids is 1. The second kappa shape index (κ2) is 7.80. The zero-order valence-corrected chi connectivity index (χ0v) is 16.2. The molecule has 4 aromatic rings. The van der Waals surface area contributed by atoms with E-state index in [0.29, 0.717) is 17.9 Å². The molecule has 1 aromatic heterocycles. The Morgan fingerprint density at radius 3 is 2.48 bits per heavy atom. The third-order valence-electron chi connectivity index (χ3n) is 4.73. The highest BCUT2D eigenvalue weighted by atomic mass is 16.6. The molecule has 0 amide bonds. The number of hydrogen-bond acceptors (Lipinski definition) is 5. The van der Waals surface area contributed by atoms with Crippen LogP contribution in [0.2, 0.25) is 0 Å². The van der Waals surface area contributed by atoms with Crippen LogP contribution in [-0.4, -0.2) is 18.7 Å². The van der Waals surface area contributed by atoms with E-state index in [0.717, 1.165) is 27.3 Å². The minimum atomic E-state index is -0.751. The van der Waals surface area contributed by atoms with Crippen LogP contribution in [0.1, 0.15) is 13.8 Å². The third-order valence-corrected chi connectivity index (χ3v) is 4.73. The summed E-state index contributed by atoms with van der Waals surface area (Å²) in [7, 11) is 0. The molecule has 0 unspecified atom stereocenters. The van der Waals surface area contributed by atoms with Gasteiger partial charge in [0, 0.05) is 22.2 Å². The lowest BCUT2D eigenvalue weighted by molar-refractivity contribution is -0.150. The van der Waals surface area contributed by atoms with Crippen molar-refractivity contribution in [2.45, 2.75) is 20.0 Å². The van der Waals surface area contributed by atoms with E-state index in [1.165, 1.54) is 6.07 Å². The lowest BCUT2D eigenvalue weighted by Gasteiger charge is -2.16. The van der Waals surface area contributed by atoms with Crippen LogP contribution >= 0.6 is 0 Å². The van der Waals surface area contributed by atoms with Gasteiger partial charge >= 0.3 is 11.6 Å². The molecule has 1 heterocycles. The van der Waals surface area contributed by atoms with Crippen LogP contribution in [0.25, 0.3) is 32.9 Å². The Kier molecular flexibility index (Phi) is 5.04. The first-order valence-corrected chi connectivity index (χ1v) is 9.46. The van der Waals surface area contributed by atoms with Gasteiger partial charge in [-0.15, -0.1) is 0 Å². The van der Waals surface area contributed by atoms with Crippen molar-refractivity contribution in [3.05, 3.63) is 77.2 Å². The quantitative estimate of drug-likeness (QED) is 0.275. The number of esters is 1. The van der Waals surface area contributed by atoms with E-state index in [1.54, 1.807) is 19.9 Å². The first-order valence-electron chi connectivity index (χ1n) is 9.46. The summed E-state index contributed by atoms with van der Waals surface area (Å²) in [4.78, 5) is 24.2. The van der Waals surface area contributed by atoms with Crippen LogP contribution in [0.15, 0.2) is 75.9 Å². The summed E-state index contributed by atoms with van der Waals surface area (Å²) in [5.74, 6) is 0.0981. The second-order valence-electron chi connectivity index (χ2n) is 6.65. The molecule has 0 saturated carbocycles. The fourth-order valence-corrected chi connectivity index (χ4v) is 3.41. The largest absolute Gasteiger partial charge is 0.478 e. The highest BCUT2D eigenvalue weighted by Gasteiger charge is 2.18. The molecule has 0 N–H and O–H groups in total. The van der Waals surface area contributed by atoms with E-state index in [9.17, 15) is 9.59 Å². The minimum absolute atomic E-state index is 0.292. The Morgan fingerprint density at radius 2 is 1.72 bits per heavy atom. The maximum absolute atomic E-state index is 12.3. The Morgan fingerprint density at radius 1 is 0.966 bits per heavy atom. The van der Waals surface area contributed by atoms with Gasteiger partial charge in [0.05, 0.1) is 6.61 Å². The van der Waals surface area contributed by atoms with Gasteiger partial charge in [-0.25, -0.2) is 9.59 Å². The molecular weight excluding hydrogens is 368 g/mol. The minimum Gasteiger partial charge on any atom is -0.478 e. The van der Waals surface area contributed by atoms with Crippen LogP contribution in [-0.2, 0) is 9.53 Å². The van der Waals surface area contributed by atoms with Gasteiger partial charge in [-0.05, 0) is 43.2 Å². The van der Waals surface area contributed by atoms with Gasteiger partial charge in [0.15, 0.2) is 6.10 Å². The molecule has 5 heteroatoms. The topological polar surface area (TPSA) is 65.7 Å². The summed E-state index contributed by atoms with van der Waals surface area (Å²) in [5, 5.41) is 2.33. The molecular formula is C24H20O5. The average molecular weight is 388 g/mol. The fraction of sp³-hybridized carbons (Fsp3) is 0.167. The molecule has 0 radical (unpaired) electrons. The van der Waals surface area contributed by atoms with E-state index in [4.69, 9.17) is 13.9 Å². The van der Waals surface area contributed by atoms with Crippen LogP contribution in [0.4, 0.5) is 0 Å². The van der Waals surface area contributed by atoms with E-state index >= 15 is 0 Å². The maximum Gasteiger partial charge on any atom is 0.347 e. The Hall–Kier alpha value is -3.60. The highest BCUT2D eigenvalue weighted by Crippen LogP contribution is 2.35. The number of fused-ring (bicyclic) bond motifs is 3. The molecule has 5 nitrogen and oxygen atoms in total. The number of carbonyl (C=O) groups is 1. The standard InChI is InChI=1S/C24H20O5/c1-3-27-24(26)15(2)28-21-11-7-10-18-17(21)12-13-19-20(14-22(25)29-23(18)19)16-8-5-4-6-9-16/h4-15H,3H2,1-2H3/t15-/m0/s1. The summed E-state index contributed by atoms with van der Waals surface area (Å²) < 4.78 is 16.4. The summed E-state index contributed by atoms with van der Waals surface area (Å²) in [5.41, 5.74) is 1.82.